The van der Waals surface area contributed by atoms with Gasteiger partial charge in [-0.05, 0) is 47.8 Å². The summed E-state index contributed by atoms with van der Waals surface area (Å²) in [7, 11) is 0. The van der Waals surface area contributed by atoms with Gasteiger partial charge in [-0.3, -0.25) is 0 Å². The van der Waals surface area contributed by atoms with Crippen LogP contribution < -0.4 is 11.1 Å². The van der Waals surface area contributed by atoms with Crippen LogP contribution in [0.1, 0.15) is 12.8 Å². The van der Waals surface area contributed by atoms with E-state index in [0.29, 0.717) is 19.7 Å². The molecule has 1 aromatic rings. The molecular weight excluding hydrogens is 338 g/mol. The number of nitrogen functional groups attached to an aromatic ring is 1. The number of hydrogen-bond acceptors (Lipinski definition) is 3. The van der Waals surface area contributed by atoms with Crippen LogP contribution in [0, 0.1) is 9.39 Å². The van der Waals surface area contributed by atoms with Gasteiger partial charge < -0.3 is 11.1 Å². The molecule has 0 radical (unpaired) electrons. The topological polar surface area (TPSA) is 38.0 Å². The Morgan fingerprint density at radius 1 is 1.56 bits per heavy atom. The highest BCUT2D eigenvalue weighted by molar-refractivity contribution is 14.1. The summed E-state index contributed by atoms with van der Waals surface area (Å²) in [5.41, 5.74) is 7.16. The highest BCUT2D eigenvalue weighted by Gasteiger charge is 2.41. The van der Waals surface area contributed by atoms with Gasteiger partial charge in [0.2, 0.25) is 0 Å². The molecule has 0 saturated heterocycles. The number of anilines is 2. The van der Waals surface area contributed by atoms with E-state index in [4.69, 9.17) is 5.73 Å². The quantitative estimate of drug-likeness (QED) is 0.645. The van der Waals surface area contributed by atoms with Gasteiger partial charge in [0.1, 0.15) is 5.82 Å². The Morgan fingerprint density at radius 3 is 2.81 bits per heavy atom. The first kappa shape index (κ1) is 12.3. The summed E-state index contributed by atoms with van der Waals surface area (Å²) >= 11 is 3.82. The van der Waals surface area contributed by atoms with Crippen molar-refractivity contribution in [3.63, 3.8) is 0 Å². The molecule has 1 fully saturated rings. The normalized spacial score (nSPS) is 17.2. The van der Waals surface area contributed by atoms with Gasteiger partial charge >= 0.3 is 0 Å². The van der Waals surface area contributed by atoms with Crippen LogP contribution in [0.3, 0.4) is 0 Å². The monoisotopic (exact) mass is 352 g/mol. The predicted octanol–water partition coefficient (Wildman–Crippen LogP) is 3.32. The van der Waals surface area contributed by atoms with Crippen molar-refractivity contribution in [2.45, 2.75) is 17.6 Å². The second kappa shape index (κ2) is 4.60. The summed E-state index contributed by atoms with van der Waals surface area (Å²) in [4.78, 5) is 0. The summed E-state index contributed by atoms with van der Waals surface area (Å²) in [6, 6.07) is 3.14. The maximum Gasteiger partial charge on any atom is 0.138 e. The van der Waals surface area contributed by atoms with Gasteiger partial charge in [0.25, 0.3) is 0 Å². The molecule has 2 nitrogen and oxygen atoms in total. The van der Waals surface area contributed by atoms with Crippen LogP contribution in [0.2, 0.25) is 0 Å². The number of nitrogens with one attached hydrogen (secondary N) is 1. The van der Waals surface area contributed by atoms with Crippen molar-refractivity contribution in [2.24, 2.45) is 0 Å². The van der Waals surface area contributed by atoms with Gasteiger partial charge in [-0.1, -0.05) is 0 Å². The SMILES string of the molecule is CSC1(CNc2cc(F)c(I)cc2N)CC1. The average molecular weight is 352 g/mol. The average Bonchev–Trinajstić information content (AvgIpc) is 3.02. The van der Waals surface area contributed by atoms with Crippen LogP contribution in [0.4, 0.5) is 15.8 Å². The Morgan fingerprint density at radius 2 is 2.25 bits per heavy atom. The minimum absolute atomic E-state index is 0.216. The molecule has 0 amide bonds. The number of rotatable bonds is 4. The fourth-order valence-electron chi connectivity index (χ4n) is 1.56. The first-order valence-corrected chi connectivity index (χ1v) is 7.40. The Balaban J connectivity index is 2.07. The fourth-order valence-corrected chi connectivity index (χ4v) is 2.78. The first-order valence-electron chi connectivity index (χ1n) is 5.10. The third kappa shape index (κ3) is 2.56. The zero-order chi connectivity index (χ0) is 11.8. The van der Waals surface area contributed by atoms with E-state index in [-0.39, 0.29) is 5.82 Å². The molecule has 1 saturated carbocycles. The zero-order valence-electron chi connectivity index (χ0n) is 9.02. The van der Waals surface area contributed by atoms with Crippen molar-refractivity contribution < 1.29 is 4.39 Å². The Hall–Kier alpha value is -0.170. The van der Waals surface area contributed by atoms with Crippen LogP contribution in [0.15, 0.2) is 12.1 Å². The standard InChI is InChI=1S/C11H14FIN2S/c1-16-11(2-3-11)6-15-10-4-7(12)8(13)5-9(10)14/h4-5,15H,2-3,6,14H2,1H3. The molecule has 16 heavy (non-hydrogen) atoms. The number of thioether (sulfide) groups is 1. The van der Waals surface area contributed by atoms with Gasteiger partial charge in [-0.25, -0.2) is 4.39 Å². The number of nitrogens with two attached hydrogens (primary N) is 1. The van der Waals surface area contributed by atoms with E-state index in [1.54, 1.807) is 6.07 Å². The van der Waals surface area contributed by atoms with E-state index in [1.807, 2.05) is 34.4 Å². The zero-order valence-corrected chi connectivity index (χ0v) is 12.0. The van der Waals surface area contributed by atoms with Gasteiger partial charge in [0.15, 0.2) is 0 Å². The molecule has 5 heteroatoms. The summed E-state index contributed by atoms with van der Waals surface area (Å²) in [6.45, 7) is 0.860. The van der Waals surface area contributed by atoms with Gasteiger partial charge in [-0.2, -0.15) is 11.8 Å². The lowest BCUT2D eigenvalue weighted by molar-refractivity contribution is 0.621. The van der Waals surface area contributed by atoms with Crippen molar-refractivity contribution in [2.75, 3.05) is 23.9 Å². The highest BCUT2D eigenvalue weighted by Crippen LogP contribution is 2.47. The van der Waals surface area contributed by atoms with Crippen LogP contribution in [0.5, 0.6) is 0 Å². The van der Waals surface area contributed by atoms with Crippen molar-refractivity contribution in [1.82, 2.24) is 0 Å². The van der Waals surface area contributed by atoms with E-state index >= 15 is 0 Å². The molecule has 1 aliphatic rings. The molecule has 1 aliphatic carbocycles. The molecule has 3 N–H and O–H groups in total. The molecule has 2 rings (SSSR count). The van der Waals surface area contributed by atoms with Crippen molar-refractivity contribution >= 4 is 45.7 Å². The van der Waals surface area contributed by atoms with Crippen LogP contribution in [-0.2, 0) is 0 Å². The minimum Gasteiger partial charge on any atom is -0.397 e. The van der Waals surface area contributed by atoms with Crippen molar-refractivity contribution in [3.8, 4) is 0 Å². The Labute approximate surface area is 113 Å². The molecule has 0 atom stereocenters. The molecule has 0 spiro atoms. The van der Waals surface area contributed by atoms with Crippen molar-refractivity contribution in [3.05, 3.63) is 21.5 Å². The van der Waals surface area contributed by atoms with Gasteiger partial charge in [0.05, 0.1) is 14.9 Å². The lowest BCUT2D eigenvalue weighted by Gasteiger charge is -2.15. The lowest BCUT2D eigenvalue weighted by atomic mass is 10.2. The summed E-state index contributed by atoms with van der Waals surface area (Å²) in [5, 5.41) is 3.25. The largest absolute Gasteiger partial charge is 0.397 e. The smallest absolute Gasteiger partial charge is 0.138 e. The van der Waals surface area contributed by atoms with Crippen LogP contribution >= 0.6 is 34.4 Å². The summed E-state index contributed by atoms with van der Waals surface area (Å²) < 4.78 is 14.3. The van der Waals surface area contributed by atoms with Gasteiger partial charge in [0, 0.05) is 17.4 Å². The van der Waals surface area contributed by atoms with E-state index in [0.717, 1.165) is 6.54 Å². The third-order valence-electron chi connectivity index (χ3n) is 2.93. The predicted molar refractivity (Wildman–Crippen MR) is 77.5 cm³/mol. The molecule has 0 aromatic heterocycles. The minimum atomic E-state index is -0.216. The first-order chi connectivity index (χ1) is 7.56. The maximum absolute atomic E-state index is 13.4. The summed E-state index contributed by atoms with van der Waals surface area (Å²) in [6.07, 6.45) is 4.58. The molecule has 0 heterocycles. The number of hydrogen-bond donors (Lipinski definition) is 2. The van der Waals surface area contributed by atoms with E-state index in [1.165, 1.54) is 18.9 Å². The molecule has 88 valence electrons. The molecule has 0 bridgehead atoms. The molecule has 0 aliphatic heterocycles. The van der Waals surface area contributed by atoms with Crippen LogP contribution in [-0.4, -0.2) is 17.5 Å². The van der Waals surface area contributed by atoms with Gasteiger partial charge in [-0.15, -0.1) is 0 Å². The van der Waals surface area contributed by atoms with E-state index in [9.17, 15) is 4.39 Å². The molecule has 0 unspecified atom stereocenters. The molecule has 1 aromatic carbocycles. The Kier molecular flexibility index (Phi) is 3.53. The lowest BCUT2D eigenvalue weighted by Crippen LogP contribution is -2.18. The number of halogens is 2. The highest BCUT2D eigenvalue weighted by atomic mass is 127. The summed E-state index contributed by atoms with van der Waals surface area (Å²) in [5.74, 6) is -0.216. The third-order valence-corrected chi connectivity index (χ3v) is 5.18. The maximum atomic E-state index is 13.4. The fraction of sp³-hybridized carbons (Fsp3) is 0.455. The van der Waals surface area contributed by atoms with Crippen molar-refractivity contribution in [1.29, 1.82) is 0 Å². The second-order valence-corrected chi connectivity index (χ2v) is 6.53. The molecular formula is C11H14FIN2S. The van der Waals surface area contributed by atoms with E-state index in [2.05, 4.69) is 11.6 Å². The van der Waals surface area contributed by atoms with E-state index < -0.39 is 0 Å². The van der Waals surface area contributed by atoms with Crippen LogP contribution in [0.25, 0.3) is 0 Å². The number of benzene rings is 1. The second-order valence-electron chi connectivity index (χ2n) is 4.09. The Bertz CT molecular complexity index is 407.